The van der Waals surface area contributed by atoms with Crippen molar-refractivity contribution in [3.8, 4) is 0 Å². The molecule has 1 amide bonds. The fraction of sp³-hybridized carbons (Fsp3) is 0.273. The van der Waals surface area contributed by atoms with Crippen molar-refractivity contribution in [2.24, 2.45) is 0 Å². The molecule has 0 aliphatic heterocycles. The molecule has 0 saturated carbocycles. The van der Waals surface area contributed by atoms with E-state index in [4.69, 9.17) is 0 Å². The predicted molar refractivity (Wildman–Crippen MR) is 109 cm³/mol. The normalized spacial score (nSPS) is 16.8. The van der Waals surface area contributed by atoms with Gasteiger partial charge in [-0.2, -0.15) is 0 Å². The molecule has 0 bridgehead atoms. The van der Waals surface area contributed by atoms with Gasteiger partial charge < -0.3 is 15.2 Å². The number of allylic oxidation sites excluding steroid dienone is 1. The third-order valence-electron chi connectivity index (χ3n) is 5.04. The molecule has 2 heterocycles. The molecule has 2 N–H and O–H groups in total. The number of likely N-dealkylation sites (N-methyl/N-ethyl adjacent to an activating group) is 1. The van der Waals surface area contributed by atoms with Crippen LogP contribution in [0.25, 0.3) is 11.0 Å². The molecule has 3 aromatic rings. The summed E-state index contributed by atoms with van der Waals surface area (Å²) in [6.07, 6.45) is 7.01. The van der Waals surface area contributed by atoms with Gasteiger partial charge >= 0.3 is 0 Å². The number of carbonyl (C=O) groups excluding carboxylic acids is 1. The van der Waals surface area contributed by atoms with Gasteiger partial charge in [0.05, 0.1) is 17.1 Å². The largest absolute Gasteiger partial charge is 0.359 e. The highest BCUT2D eigenvalue weighted by atomic mass is 16.2. The Kier molecular flexibility index (Phi) is 4.92. The first-order valence-electron chi connectivity index (χ1n) is 9.52. The second kappa shape index (κ2) is 7.66. The Morgan fingerprint density at radius 1 is 1.26 bits per heavy atom. The van der Waals surface area contributed by atoms with Crippen LogP contribution in [-0.2, 0) is 0 Å². The maximum Gasteiger partial charge on any atom is 0.270 e. The zero-order valence-corrected chi connectivity index (χ0v) is 15.5. The average Bonchev–Trinajstić information content (AvgIpc) is 3.14. The number of nitrogens with one attached hydrogen (secondary N) is 2. The monoisotopic (exact) mass is 360 g/mol. The third kappa shape index (κ3) is 3.72. The topological polar surface area (TPSA) is 61.0 Å². The lowest BCUT2D eigenvalue weighted by atomic mass is 9.98. The standard InChI is InChI=1S/C22H24N4O/c1-2-26(22(27)21-15-20-19(25-21)12-7-13-23-20)18-11-6-10-17(14-18)24-16-8-4-3-5-9-16/h3-5,7-9,12-15,18,24-25H,2,6,10-11H2,1H3/t18-/m0/s1. The summed E-state index contributed by atoms with van der Waals surface area (Å²) in [6, 6.07) is 15.9. The van der Waals surface area contributed by atoms with E-state index in [1.807, 2.05) is 48.2 Å². The van der Waals surface area contributed by atoms with Gasteiger partial charge in [0, 0.05) is 24.1 Å². The summed E-state index contributed by atoms with van der Waals surface area (Å²) in [5.41, 5.74) is 4.58. The number of H-pyrrole nitrogens is 1. The molecule has 27 heavy (non-hydrogen) atoms. The van der Waals surface area contributed by atoms with E-state index in [0.717, 1.165) is 36.0 Å². The Hall–Kier alpha value is -3.08. The Morgan fingerprint density at radius 2 is 2.11 bits per heavy atom. The number of fused-ring (bicyclic) bond motifs is 1. The zero-order chi connectivity index (χ0) is 18.6. The first kappa shape index (κ1) is 17.3. The zero-order valence-electron chi connectivity index (χ0n) is 15.5. The van der Waals surface area contributed by atoms with Crippen molar-refractivity contribution in [3.05, 3.63) is 72.2 Å². The summed E-state index contributed by atoms with van der Waals surface area (Å²) < 4.78 is 0. The molecule has 2 aromatic heterocycles. The van der Waals surface area contributed by atoms with Crippen LogP contribution in [0.2, 0.25) is 0 Å². The van der Waals surface area contributed by atoms with Gasteiger partial charge in [-0.05, 0) is 62.6 Å². The van der Waals surface area contributed by atoms with Crippen LogP contribution in [0.15, 0.2) is 66.5 Å². The number of aromatic nitrogens is 2. The molecular weight excluding hydrogens is 336 g/mol. The molecule has 0 fully saturated rings. The Balaban J connectivity index is 1.55. The molecule has 1 aliphatic rings. The van der Waals surface area contributed by atoms with Crippen LogP contribution in [0.3, 0.4) is 0 Å². The van der Waals surface area contributed by atoms with Crippen molar-refractivity contribution in [1.29, 1.82) is 0 Å². The van der Waals surface area contributed by atoms with Crippen LogP contribution in [0.5, 0.6) is 0 Å². The van der Waals surface area contributed by atoms with E-state index < -0.39 is 0 Å². The Labute approximate surface area is 159 Å². The maximum absolute atomic E-state index is 13.1. The van der Waals surface area contributed by atoms with Crippen LogP contribution in [0.1, 0.15) is 36.7 Å². The van der Waals surface area contributed by atoms with Gasteiger partial charge in [0.1, 0.15) is 5.69 Å². The summed E-state index contributed by atoms with van der Waals surface area (Å²) in [5, 5.41) is 3.50. The van der Waals surface area contributed by atoms with Gasteiger partial charge in [0.15, 0.2) is 0 Å². The van der Waals surface area contributed by atoms with Crippen LogP contribution in [-0.4, -0.2) is 33.4 Å². The number of pyridine rings is 1. The van der Waals surface area contributed by atoms with E-state index in [-0.39, 0.29) is 11.9 Å². The lowest BCUT2D eigenvalue weighted by molar-refractivity contribution is 0.0707. The van der Waals surface area contributed by atoms with E-state index >= 15 is 0 Å². The molecule has 4 rings (SSSR count). The van der Waals surface area contributed by atoms with Gasteiger partial charge in [0.2, 0.25) is 0 Å². The minimum Gasteiger partial charge on any atom is -0.359 e. The van der Waals surface area contributed by atoms with Gasteiger partial charge in [-0.1, -0.05) is 18.2 Å². The second-order valence-corrected chi connectivity index (χ2v) is 6.85. The SMILES string of the molecule is CCN(C(=O)c1cc2ncccc2[nH]1)[C@@H]1C=C(Nc2ccccc2)CCC1. The molecule has 0 unspecified atom stereocenters. The fourth-order valence-corrected chi connectivity index (χ4v) is 3.71. The summed E-state index contributed by atoms with van der Waals surface area (Å²) >= 11 is 0. The van der Waals surface area contributed by atoms with Crippen LogP contribution in [0, 0.1) is 0 Å². The Morgan fingerprint density at radius 3 is 2.89 bits per heavy atom. The number of benzene rings is 1. The number of aromatic amines is 1. The predicted octanol–water partition coefficient (Wildman–Crippen LogP) is 4.57. The van der Waals surface area contributed by atoms with Crippen molar-refractivity contribution in [1.82, 2.24) is 14.9 Å². The highest BCUT2D eigenvalue weighted by Crippen LogP contribution is 2.25. The fourth-order valence-electron chi connectivity index (χ4n) is 3.71. The highest BCUT2D eigenvalue weighted by molar-refractivity contribution is 5.97. The molecule has 1 aliphatic carbocycles. The third-order valence-corrected chi connectivity index (χ3v) is 5.04. The van der Waals surface area contributed by atoms with Crippen molar-refractivity contribution < 1.29 is 4.79 Å². The summed E-state index contributed by atoms with van der Waals surface area (Å²) in [7, 11) is 0. The number of rotatable bonds is 5. The van der Waals surface area contributed by atoms with Gasteiger partial charge in [-0.3, -0.25) is 9.78 Å². The second-order valence-electron chi connectivity index (χ2n) is 6.85. The average molecular weight is 360 g/mol. The van der Waals surface area contributed by atoms with E-state index in [9.17, 15) is 4.79 Å². The number of amides is 1. The smallest absolute Gasteiger partial charge is 0.270 e. The van der Waals surface area contributed by atoms with Crippen LogP contribution in [0.4, 0.5) is 5.69 Å². The number of carbonyl (C=O) groups is 1. The van der Waals surface area contributed by atoms with Gasteiger partial charge in [-0.15, -0.1) is 0 Å². The van der Waals surface area contributed by atoms with Crippen molar-refractivity contribution >= 4 is 22.6 Å². The number of hydrogen-bond donors (Lipinski definition) is 2. The number of nitrogens with zero attached hydrogens (tertiary/aromatic N) is 2. The summed E-state index contributed by atoms with van der Waals surface area (Å²) in [6.45, 7) is 2.70. The van der Waals surface area contributed by atoms with Crippen LogP contribution < -0.4 is 5.32 Å². The summed E-state index contributed by atoms with van der Waals surface area (Å²) in [5.74, 6) is 0.0257. The van der Waals surface area contributed by atoms with E-state index in [2.05, 4.69) is 33.5 Å². The van der Waals surface area contributed by atoms with E-state index in [1.165, 1.54) is 5.70 Å². The first-order chi connectivity index (χ1) is 13.2. The molecule has 5 heteroatoms. The minimum atomic E-state index is 0.0257. The van der Waals surface area contributed by atoms with Crippen molar-refractivity contribution in [3.63, 3.8) is 0 Å². The maximum atomic E-state index is 13.1. The molecule has 5 nitrogen and oxygen atoms in total. The molecule has 0 spiro atoms. The minimum absolute atomic E-state index is 0.0257. The van der Waals surface area contributed by atoms with Crippen molar-refractivity contribution in [2.75, 3.05) is 11.9 Å². The quantitative estimate of drug-likeness (QED) is 0.700. The van der Waals surface area contributed by atoms with Gasteiger partial charge in [-0.25, -0.2) is 0 Å². The number of para-hydroxylation sites is 1. The number of hydrogen-bond acceptors (Lipinski definition) is 3. The molecule has 138 valence electrons. The molecule has 0 saturated heterocycles. The molecule has 1 aromatic carbocycles. The van der Waals surface area contributed by atoms with Crippen LogP contribution >= 0.6 is 0 Å². The number of anilines is 1. The van der Waals surface area contributed by atoms with E-state index in [0.29, 0.717) is 12.2 Å². The lowest BCUT2D eigenvalue weighted by Gasteiger charge is -2.32. The molecule has 0 radical (unpaired) electrons. The van der Waals surface area contributed by atoms with E-state index in [1.54, 1.807) is 6.20 Å². The molecular formula is C22H24N4O. The van der Waals surface area contributed by atoms with Crippen molar-refractivity contribution in [2.45, 2.75) is 32.2 Å². The highest BCUT2D eigenvalue weighted by Gasteiger charge is 2.25. The first-order valence-corrected chi connectivity index (χ1v) is 9.52. The van der Waals surface area contributed by atoms with Gasteiger partial charge in [0.25, 0.3) is 5.91 Å². The molecule has 1 atom stereocenters. The summed E-state index contributed by atoms with van der Waals surface area (Å²) in [4.78, 5) is 22.6. The lowest BCUT2D eigenvalue weighted by Crippen LogP contribution is -2.40. The Bertz CT molecular complexity index is 928.